The molecule has 9 heteroatoms. The van der Waals surface area contributed by atoms with Gasteiger partial charge in [-0.2, -0.15) is 0 Å². The van der Waals surface area contributed by atoms with Crippen LogP contribution < -0.4 is 10.6 Å². The first kappa shape index (κ1) is 26.6. The summed E-state index contributed by atoms with van der Waals surface area (Å²) in [4.78, 5) is 68.7. The monoisotopic (exact) mass is 502 g/mol. The Labute approximate surface area is 214 Å². The second-order valence-corrected chi connectivity index (χ2v) is 13.2. The summed E-state index contributed by atoms with van der Waals surface area (Å²) in [7, 11) is 0. The average Bonchev–Trinajstić information content (AvgIpc) is 3.72. The summed E-state index contributed by atoms with van der Waals surface area (Å²) in [5, 5.41) is 5.80. The van der Waals surface area contributed by atoms with Crippen molar-refractivity contribution in [2.24, 2.45) is 34.5 Å². The number of hydrogen-bond acceptors (Lipinski definition) is 5. The number of nitrogens with one attached hydrogen (secondary N) is 2. The van der Waals surface area contributed by atoms with Crippen LogP contribution in [0.5, 0.6) is 0 Å². The molecule has 2 saturated heterocycles. The van der Waals surface area contributed by atoms with Crippen LogP contribution in [0.4, 0.5) is 0 Å². The average molecular weight is 503 g/mol. The first-order valence-corrected chi connectivity index (χ1v) is 13.4. The SMILES string of the molecule is CC(C)C(=O)N[C@H](C(=O)N1CC2C(C1C(=O)NC(CC1CC1)C(=O)C(=O)N1CC1)C2(C)C)C(C)(C)C. The first-order valence-electron chi connectivity index (χ1n) is 13.4. The minimum atomic E-state index is -0.866. The number of carbonyl (C=O) groups is 5. The highest BCUT2D eigenvalue weighted by atomic mass is 16.2. The molecule has 200 valence electrons. The van der Waals surface area contributed by atoms with Crippen LogP contribution in [-0.2, 0) is 24.0 Å². The lowest BCUT2D eigenvalue weighted by Crippen LogP contribution is -2.60. The van der Waals surface area contributed by atoms with Crippen molar-refractivity contribution >= 4 is 29.4 Å². The van der Waals surface area contributed by atoms with Gasteiger partial charge in [0.1, 0.15) is 12.1 Å². The molecule has 2 saturated carbocycles. The molecular weight excluding hydrogens is 460 g/mol. The smallest absolute Gasteiger partial charge is 0.292 e. The summed E-state index contributed by atoms with van der Waals surface area (Å²) in [6.07, 6.45) is 2.44. The van der Waals surface area contributed by atoms with Crippen molar-refractivity contribution in [3.8, 4) is 0 Å². The van der Waals surface area contributed by atoms with Crippen molar-refractivity contribution in [2.45, 2.75) is 85.9 Å². The van der Waals surface area contributed by atoms with Crippen LogP contribution in [-0.4, -0.2) is 77.0 Å². The summed E-state index contributed by atoms with van der Waals surface area (Å²) < 4.78 is 0. The van der Waals surface area contributed by atoms with Crippen LogP contribution in [0.15, 0.2) is 0 Å². The standard InChI is InChI=1S/C27H42N4O5/c1-14(2)22(33)29-21(26(3,4)5)25(36)31-13-16-18(27(16,6)7)19(31)23(34)28-17(12-15-8-9-15)20(32)24(35)30-10-11-30/h14-19,21H,8-13H2,1-7H3,(H,28,34)(H,29,33)/t16?,17?,18?,19?,21-/m1/s1. The number of hydrogen-bond donors (Lipinski definition) is 2. The van der Waals surface area contributed by atoms with Crippen LogP contribution in [0.2, 0.25) is 0 Å². The Morgan fingerprint density at radius 2 is 1.61 bits per heavy atom. The van der Waals surface area contributed by atoms with E-state index in [-0.39, 0.29) is 40.9 Å². The summed E-state index contributed by atoms with van der Waals surface area (Å²) >= 11 is 0. The van der Waals surface area contributed by atoms with Gasteiger partial charge >= 0.3 is 0 Å². The fourth-order valence-corrected chi connectivity index (χ4v) is 5.67. The molecule has 2 heterocycles. The highest BCUT2D eigenvalue weighted by molar-refractivity contribution is 6.38. The van der Waals surface area contributed by atoms with E-state index in [0.29, 0.717) is 32.0 Å². The van der Waals surface area contributed by atoms with E-state index in [0.717, 1.165) is 12.8 Å². The van der Waals surface area contributed by atoms with E-state index in [1.54, 1.807) is 18.7 Å². The zero-order chi connectivity index (χ0) is 26.7. The number of fused-ring (bicyclic) bond motifs is 1. The van der Waals surface area contributed by atoms with Crippen molar-refractivity contribution < 1.29 is 24.0 Å². The molecule has 4 rings (SSSR count). The van der Waals surface area contributed by atoms with Gasteiger partial charge in [-0.15, -0.1) is 0 Å². The van der Waals surface area contributed by atoms with Crippen molar-refractivity contribution in [2.75, 3.05) is 19.6 Å². The molecule has 4 fully saturated rings. The number of piperidine rings is 1. The van der Waals surface area contributed by atoms with Crippen molar-refractivity contribution in [3.63, 3.8) is 0 Å². The molecule has 4 unspecified atom stereocenters. The van der Waals surface area contributed by atoms with Crippen LogP contribution in [0, 0.1) is 34.5 Å². The number of carbonyl (C=O) groups excluding carboxylic acids is 5. The van der Waals surface area contributed by atoms with Gasteiger partial charge in [0.25, 0.3) is 5.91 Å². The maximum atomic E-state index is 13.9. The normalized spacial score (nSPS) is 27.7. The summed E-state index contributed by atoms with van der Waals surface area (Å²) in [5.74, 6) is -1.74. The van der Waals surface area contributed by atoms with Crippen LogP contribution >= 0.6 is 0 Å². The maximum absolute atomic E-state index is 13.9. The quantitative estimate of drug-likeness (QED) is 0.365. The molecular formula is C27H42N4O5. The Balaban J connectivity index is 1.55. The maximum Gasteiger partial charge on any atom is 0.292 e. The minimum absolute atomic E-state index is 0.0255. The zero-order valence-electron chi connectivity index (χ0n) is 22.7. The van der Waals surface area contributed by atoms with Gasteiger partial charge in [-0.3, -0.25) is 24.0 Å². The summed E-state index contributed by atoms with van der Waals surface area (Å²) in [5.41, 5.74) is -0.650. The number of amides is 4. The molecule has 2 aliphatic heterocycles. The van der Waals surface area contributed by atoms with E-state index in [1.807, 2.05) is 20.8 Å². The molecule has 36 heavy (non-hydrogen) atoms. The number of ketones is 1. The van der Waals surface area contributed by atoms with E-state index < -0.39 is 35.2 Å². The van der Waals surface area contributed by atoms with Gasteiger partial charge in [-0.05, 0) is 35.0 Å². The Morgan fingerprint density at radius 3 is 2.11 bits per heavy atom. The number of nitrogens with zero attached hydrogens (tertiary/aromatic N) is 2. The predicted octanol–water partition coefficient (Wildman–Crippen LogP) is 1.35. The molecule has 0 aromatic rings. The lowest BCUT2D eigenvalue weighted by molar-refractivity contribution is -0.147. The van der Waals surface area contributed by atoms with Gasteiger partial charge in [0, 0.05) is 25.6 Å². The highest BCUT2D eigenvalue weighted by Gasteiger charge is 2.70. The van der Waals surface area contributed by atoms with Gasteiger partial charge < -0.3 is 20.4 Å². The zero-order valence-corrected chi connectivity index (χ0v) is 22.7. The molecule has 2 N–H and O–H groups in total. The Morgan fingerprint density at radius 1 is 1.00 bits per heavy atom. The van der Waals surface area contributed by atoms with Crippen LogP contribution in [0.3, 0.4) is 0 Å². The predicted molar refractivity (Wildman–Crippen MR) is 133 cm³/mol. The van der Waals surface area contributed by atoms with Crippen molar-refractivity contribution in [1.29, 1.82) is 0 Å². The third kappa shape index (κ3) is 5.16. The number of likely N-dealkylation sites (tertiary alicyclic amines) is 1. The third-order valence-electron chi connectivity index (χ3n) is 8.53. The molecule has 2 aliphatic carbocycles. The van der Waals surface area contributed by atoms with E-state index >= 15 is 0 Å². The van der Waals surface area contributed by atoms with Gasteiger partial charge in [0.05, 0.1) is 6.04 Å². The van der Waals surface area contributed by atoms with E-state index in [4.69, 9.17) is 0 Å². The molecule has 0 bridgehead atoms. The van der Waals surface area contributed by atoms with Gasteiger partial charge in [0.15, 0.2) is 0 Å². The minimum Gasteiger partial charge on any atom is -0.344 e. The van der Waals surface area contributed by atoms with E-state index in [1.165, 1.54) is 4.90 Å². The molecule has 4 amide bonds. The fourth-order valence-electron chi connectivity index (χ4n) is 5.67. The summed E-state index contributed by atoms with van der Waals surface area (Å²) in [6.45, 7) is 15.0. The molecule has 0 spiro atoms. The Kier molecular flexibility index (Phi) is 6.75. The number of rotatable bonds is 9. The Bertz CT molecular complexity index is 960. The molecule has 0 aromatic heterocycles. The fraction of sp³-hybridized carbons (Fsp3) is 0.815. The second kappa shape index (κ2) is 9.14. The van der Waals surface area contributed by atoms with Gasteiger partial charge in [0.2, 0.25) is 23.5 Å². The Hall–Kier alpha value is -2.45. The molecule has 4 aliphatic rings. The molecule has 0 radical (unpaired) electrons. The molecule has 0 aromatic carbocycles. The van der Waals surface area contributed by atoms with Crippen LogP contribution in [0.25, 0.3) is 0 Å². The third-order valence-corrected chi connectivity index (χ3v) is 8.53. The lowest BCUT2D eigenvalue weighted by atomic mass is 9.84. The number of Topliss-reactive ketones (excluding diaryl/α,β-unsaturated/α-hetero) is 1. The molecule has 5 atom stereocenters. The summed E-state index contributed by atoms with van der Waals surface area (Å²) in [6, 6.07) is -2.38. The van der Waals surface area contributed by atoms with Gasteiger partial charge in [-0.1, -0.05) is 61.3 Å². The highest BCUT2D eigenvalue weighted by Crippen LogP contribution is 2.65. The largest absolute Gasteiger partial charge is 0.344 e. The molecule has 9 nitrogen and oxygen atoms in total. The van der Waals surface area contributed by atoms with Crippen molar-refractivity contribution in [3.05, 3.63) is 0 Å². The topological polar surface area (TPSA) is 116 Å². The lowest BCUT2D eigenvalue weighted by Gasteiger charge is -2.38. The van der Waals surface area contributed by atoms with E-state index in [2.05, 4.69) is 24.5 Å². The van der Waals surface area contributed by atoms with Crippen molar-refractivity contribution in [1.82, 2.24) is 20.4 Å². The first-order chi connectivity index (χ1) is 16.6. The van der Waals surface area contributed by atoms with Crippen LogP contribution in [0.1, 0.15) is 67.7 Å². The second-order valence-electron chi connectivity index (χ2n) is 13.2. The van der Waals surface area contributed by atoms with E-state index in [9.17, 15) is 24.0 Å². The van der Waals surface area contributed by atoms with Gasteiger partial charge in [-0.25, -0.2) is 0 Å².